The molecule has 14 heavy (non-hydrogen) atoms. The summed E-state index contributed by atoms with van der Waals surface area (Å²) in [7, 11) is 0. The second-order valence-corrected chi connectivity index (χ2v) is 4.47. The molecule has 0 aliphatic heterocycles. The monoisotopic (exact) mass is 199 g/mol. The summed E-state index contributed by atoms with van der Waals surface area (Å²) in [5, 5.41) is 12.1. The van der Waals surface area contributed by atoms with E-state index in [1.54, 1.807) is 6.92 Å². The average molecular weight is 199 g/mol. The molecule has 0 heterocycles. The summed E-state index contributed by atoms with van der Waals surface area (Å²) < 4.78 is 0. The van der Waals surface area contributed by atoms with Crippen LogP contribution >= 0.6 is 0 Å². The SMILES string of the molecule is CC(NCC1CCCC1)C(C)C(=O)O. The summed E-state index contributed by atoms with van der Waals surface area (Å²) in [5.74, 6) is -0.230. The fourth-order valence-corrected chi connectivity index (χ4v) is 1.96. The number of aliphatic carboxylic acids is 1. The van der Waals surface area contributed by atoms with E-state index >= 15 is 0 Å². The van der Waals surface area contributed by atoms with Crippen LogP contribution < -0.4 is 5.32 Å². The minimum atomic E-state index is -0.712. The summed E-state index contributed by atoms with van der Waals surface area (Å²) in [6.07, 6.45) is 5.30. The lowest BCUT2D eigenvalue weighted by atomic mass is 10.0. The van der Waals surface area contributed by atoms with E-state index in [-0.39, 0.29) is 12.0 Å². The number of nitrogens with one attached hydrogen (secondary N) is 1. The molecule has 3 heteroatoms. The highest BCUT2D eigenvalue weighted by atomic mass is 16.4. The van der Waals surface area contributed by atoms with Gasteiger partial charge < -0.3 is 10.4 Å². The highest BCUT2D eigenvalue weighted by Crippen LogP contribution is 2.24. The normalized spacial score (nSPS) is 22.1. The van der Waals surface area contributed by atoms with Crippen molar-refractivity contribution in [3.63, 3.8) is 0 Å². The maximum Gasteiger partial charge on any atom is 0.307 e. The van der Waals surface area contributed by atoms with Crippen molar-refractivity contribution in [1.82, 2.24) is 5.32 Å². The molecule has 1 aliphatic carbocycles. The molecule has 0 amide bonds. The lowest BCUT2D eigenvalue weighted by molar-refractivity contribution is -0.141. The van der Waals surface area contributed by atoms with Crippen LogP contribution in [-0.4, -0.2) is 23.7 Å². The first kappa shape index (κ1) is 11.5. The van der Waals surface area contributed by atoms with Crippen LogP contribution in [0.4, 0.5) is 0 Å². The summed E-state index contributed by atoms with van der Waals surface area (Å²) in [6.45, 7) is 4.70. The van der Waals surface area contributed by atoms with Gasteiger partial charge in [0.05, 0.1) is 5.92 Å². The van der Waals surface area contributed by atoms with E-state index in [1.165, 1.54) is 25.7 Å². The van der Waals surface area contributed by atoms with Gasteiger partial charge in [0.15, 0.2) is 0 Å². The van der Waals surface area contributed by atoms with Gasteiger partial charge in [-0.1, -0.05) is 19.8 Å². The molecule has 0 aromatic heterocycles. The van der Waals surface area contributed by atoms with Crippen LogP contribution in [0.1, 0.15) is 39.5 Å². The Labute approximate surface area is 85.9 Å². The van der Waals surface area contributed by atoms with Crippen LogP contribution in [-0.2, 0) is 4.79 Å². The summed E-state index contributed by atoms with van der Waals surface area (Å²) in [6, 6.07) is 0.0769. The van der Waals surface area contributed by atoms with Crippen molar-refractivity contribution in [3.8, 4) is 0 Å². The number of rotatable bonds is 5. The van der Waals surface area contributed by atoms with Crippen LogP contribution in [0.25, 0.3) is 0 Å². The fourth-order valence-electron chi connectivity index (χ4n) is 1.96. The highest BCUT2D eigenvalue weighted by Gasteiger charge is 2.21. The van der Waals surface area contributed by atoms with E-state index < -0.39 is 5.97 Å². The smallest absolute Gasteiger partial charge is 0.307 e. The van der Waals surface area contributed by atoms with Gasteiger partial charge >= 0.3 is 5.97 Å². The lowest BCUT2D eigenvalue weighted by Gasteiger charge is -2.20. The maximum atomic E-state index is 10.7. The topological polar surface area (TPSA) is 49.3 Å². The first-order valence-corrected chi connectivity index (χ1v) is 5.57. The van der Waals surface area contributed by atoms with Gasteiger partial charge in [0, 0.05) is 6.04 Å². The molecule has 2 unspecified atom stereocenters. The standard InChI is InChI=1S/C11H21NO2/c1-8(11(13)14)9(2)12-7-10-5-3-4-6-10/h8-10,12H,3-7H2,1-2H3,(H,13,14). The third-order valence-electron chi connectivity index (χ3n) is 3.34. The van der Waals surface area contributed by atoms with Gasteiger partial charge in [-0.15, -0.1) is 0 Å². The van der Waals surface area contributed by atoms with E-state index in [0.717, 1.165) is 12.5 Å². The fraction of sp³-hybridized carbons (Fsp3) is 0.909. The molecule has 0 bridgehead atoms. The van der Waals surface area contributed by atoms with E-state index in [1.807, 2.05) is 6.92 Å². The van der Waals surface area contributed by atoms with Crippen LogP contribution in [0.2, 0.25) is 0 Å². The third-order valence-corrected chi connectivity index (χ3v) is 3.34. The van der Waals surface area contributed by atoms with E-state index in [4.69, 9.17) is 5.11 Å². The Hall–Kier alpha value is -0.570. The Bertz CT molecular complexity index is 188. The summed E-state index contributed by atoms with van der Waals surface area (Å²) >= 11 is 0. The Kier molecular flexibility index (Phi) is 4.39. The zero-order valence-electron chi connectivity index (χ0n) is 9.12. The van der Waals surface area contributed by atoms with Crippen molar-refractivity contribution in [2.75, 3.05) is 6.54 Å². The van der Waals surface area contributed by atoms with E-state index in [0.29, 0.717) is 0 Å². The molecular formula is C11H21NO2. The Morgan fingerprint density at radius 1 is 1.43 bits per heavy atom. The van der Waals surface area contributed by atoms with Gasteiger partial charge in [-0.25, -0.2) is 0 Å². The average Bonchev–Trinajstić information content (AvgIpc) is 2.65. The van der Waals surface area contributed by atoms with E-state index in [9.17, 15) is 4.79 Å². The minimum Gasteiger partial charge on any atom is -0.481 e. The second-order valence-electron chi connectivity index (χ2n) is 4.47. The number of carbonyl (C=O) groups is 1. The highest BCUT2D eigenvalue weighted by molar-refractivity contribution is 5.70. The molecular weight excluding hydrogens is 178 g/mol. The summed E-state index contributed by atoms with van der Waals surface area (Å²) in [5.41, 5.74) is 0. The van der Waals surface area contributed by atoms with Crippen molar-refractivity contribution >= 4 is 5.97 Å². The first-order chi connectivity index (χ1) is 6.61. The molecule has 1 fully saturated rings. The van der Waals surface area contributed by atoms with Gasteiger partial charge in [-0.3, -0.25) is 4.79 Å². The van der Waals surface area contributed by atoms with Crippen LogP contribution in [0.3, 0.4) is 0 Å². The predicted molar refractivity (Wildman–Crippen MR) is 56.2 cm³/mol. The number of carboxylic acid groups (broad SMARTS) is 1. The predicted octanol–water partition coefficient (Wildman–Crippen LogP) is 1.88. The maximum absolute atomic E-state index is 10.7. The largest absolute Gasteiger partial charge is 0.481 e. The van der Waals surface area contributed by atoms with E-state index in [2.05, 4.69) is 5.32 Å². The molecule has 0 saturated heterocycles. The number of hydrogen-bond acceptors (Lipinski definition) is 2. The van der Waals surface area contributed by atoms with Crippen molar-refractivity contribution < 1.29 is 9.90 Å². The number of hydrogen-bond donors (Lipinski definition) is 2. The van der Waals surface area contributed by atoms with Gasteiger partial charge in [-0.2, -0.15) is 0 Å². The molecule has 0 aromatic rings. The molecule has 0 radical (unpaired) electrons. The molecule has 82 valence electrons. The molecule has 0 aromatic carbocycles. The third kappa shape index (κ3) is 3.29. The first-order valence-electron chi connectivity index (χ1n) is 5.57. The molecule has 1 saturated carbocycles. The minimum absolute atomic E-state index is 0.0769. The van der Waals surface area contributed by atoms with Gasteiger partial charge in [0.25, 0.3) is 0 Å². The van der Waals surface area contributed by atoms with Crippen molar-refractivity contribution in [1.29, 1.82) is 0 Å². The zero-order chi connectivity index (χ0) is 10.6. The van der Waals surface area contributed by atoms with Gasteiger partial charge in [0.1, 0.15) is 0 Å². The van der Waals surface area contributed by atoms with Crippen molar-refractivity contribution in [3.05, 3.63) is 0 Å². The van der Waals surface area contributed by atoms with Crippen molar-refractivity contribution in [2.45, 2.75) is 45.6 Å². The van der Waals surface area contributed by atoms with Gasteiger partial charge in [0.2, 0.25) is 0 Å². The lowest BCUT2D eigenvalue weighted by Crippen LogP contribution is -2.38. The van der Waals surface area contributed by atoms with Gasteiger partial charge in [-0.05, 0) is 32.2 Å². The Morgan fingerprint density at radius 2 is 2.00 bits per heavy atom. The van der Waals surface area contributed by atoms with Crippen LogP contribution in [0.5, 0.6) is 0 Å². The quantitative estimate of drug-likeness (QED) is 0.710. The number of carboxylic acids is 1. The van der Waals surface area contributed by atoms with Crippen molar-refractivity contribution in [2.24, 2.45) is 11.8 Å². The zero-order valence-corrected chi connectivity index (χ0v) is 9.12. The van der Waals surface area contributed by atoms with Crippen LogP contribution in [0, 0.1) is 11.8 Å². The molecule has 2 N–H and O–H groups in total. The molecule has 2 atom stereocenters. The molecule has 0 spiro atoms. The molecule has 3 nitrogen and oxygen atoms in total. The Morgan fingerprint density at radius 3 is 2.50 bits per heavy atom. The Balaban J connectivity index is 2.19. The molecule has 1 aliphatic rings. The molecule has 1 rings (SSSR count). The second kappa shape index (κ2) is 5.35. The van der Waals surface area contributed by atoms with Crippen LogP contribution in [0.15, 0.2) is 0 Å². The summed E-state index contributed by atoms with van der Waals surface area (Å²) in [4.78, 5) is 10.7.